The molecule has 2 N–H and O–H groups in total. The van der Waals surface area contributed by atoms with Crippen LogP contribution in [0, 0.1) is 0 Å². The molecule has 0 aromatic heterocycles. The molecule has 0 spiro atoms. The van der Waals surface area contributed by atoms with Gasteiger partial charge in [-0.2, -0.15) is 0 Å². The molecule has 31 heavy (non-hydrogen) atoms. The van der Waals surface area contributed by atoms with Crippen molar-refractivity contribution < 1.29 is 29.0 Å². The molecule has 1 heterocycles. The van der Waals surface area contributed by atoms with Crippen molar-refractivity contribution >= 4 is 46.5 Å². The molecule has 2 aromatic rings. The van der Waals surface area contributed by atoms with Crippen LogP contribution >= 0.6 is 11.8 Å². The van der Waals surface area contributed by atoms with Crippen LogP contribution in [-0.2, 0) is 9.59 Å². The number of amides is 3. The second kappa shape index (κ2) is 9.94. The summed E-state index contributed by atoms with van der Waals surface area (Å²) < 4.78 is 5.10. The van der Waals surface area contributed by atoms with Crippen LogP contribution in [0.2, 0.25) is 0 Å². The second-order valence-electron chi connectivity index (χ2n) is 6.64. The van der Waals surface area contributed by atoms with Crippen LogP contribution in [0.15, 0.2) is 53.4 Å². The summed E-state index contributed by atoms with van der Waals surface area (Å²) in [5, 5.41) is 11.2. The number of imide groups is 1. The highest BCUT2D eigenvalue weighted by Crippen LogP contribution is 2.32. The third kappa shape index (κ3) is 5.73. The monoisotopic (exact) mass is 440 g/mol. The lowest BCUT2D eigenvalue weighted by Gasteiger charge is -2.12. The number of carbonyl (C=O) groups is 4. The number of anilines is 1. The molecule has 0 radical (unpaired) electrons. The zero-order valence-corrected chi connectivity index (χ0v) is 17.5. The predicted octanol–water partition coefficient (Wildman–Crippen LogP) is 3.85. The van der Waals surface area contributed by atoms with Crippen LogP contribution in [0.4, 0.5) is 10.5 Å². The summed E-state index contributed by atoms with van der Waals surface area (Å²) in [4.78, 5) is 49.1. The Labute approximate surface area is 182 Å². The third-order valence-electron chi connectivity index (χ3n) is 4.49. The van der Waals surface area contributed by atoms with E-state index in [4.69, 9.17) is 9.84 Å². The second-order valence-corrected chi connectivity index (χ2v) is 7.63. The standard InChI is InChI=1S/C22H20N2O6S/c1-30-17-10-4-14(5-11-17)13-18-20(26)24(22(29)31-18)12-2-3-19(25)23-16-8-6-15(7-9-16)21(27)28/h4-11,13H,2-3,12H2,1H3,(H,23,25)(H,27,28)/b18-13-. The predicted molar refractivity (Wildman–Crippen MR) is 117 cm³/mol. The maximum absolute atomic E-state index is 12.5. The van der Waals surface area contributed by atoms with E-state index in [0.29, 0.717) is 22.8 Å². The van der Waals surface area contributed by atoms with Gasteiger partial charge in [0.25, 0.3) is 11.1 Å². The van der Waals surface area contributed by atoms with Gasteiger partial charge in [0.05, 0.1) is 17.6 Å². The number of aromatic carboxylic acids is 1. The minimum absolute atomic E-state index is 0.111. The van der Waals surface area contributed by atoms with Crippen molar-refractivity contribution in [3.63, 3.8) is 0 Å². The van der Waals surface area contributed by atoms with Gasteiger partial charge in [-0.3, -0.25) is 19.3 Å². The summed E-state index contributed by atoms with van der Waals surface area (Å²) in [6.07, 6.45) is 2.07. The Hall–Kier alpha value is -3.59. The SMILES string of the molecule is COc1ccc(/C=C2\SC(=O)N(CCCC(=O)Nc3ccc(C(=O)O)cc3)C2=O)cc1. The van der Waals surface area contributed by atoms with Gasteiger partial charge in [-0.15, -0.1) is 0 Å². The Balaban J connectivity index is 1.51. The number of carboxylic acid groups (broad SMARTS) is 1. The van der Waals surface area contributed by atoms with Crippen LogP contribution in [0.3, 0.4) is 0 Å². The number of carbonyl (C=O) groups excluding carboxylic acids is 3. The van der Waals surface area contributed by atoms with Crippen molar-refractivity contribution in [2.45, 2.75) is 12.8 Å². The lowest BCUT2D eigenvalue weighted by atomic mass is 10.2. The van der Waals surface area contributed by atoms with E-state index >= 15 is 0 Å². The van der Waals surface area contributed by atoms with Gasteiger partial charge < -0.3 is 15.2 Å². The van der Waals surface area contributed by atoms with Crippen molar-refractivity contribution in [2.24, 2.45) is 0 Å². The van der Waals surface area contributed by atoms with E-state index < -0.39 is 5.97 Å². The molecule has 0 aliphatic carbocycles. The van der Waals surface area contributed by atoms with E-state index in [0.717, 1.165) is 22.2 Å². The number of hydrogen-bond donors (Lipinski definition) is 2. The lowest BCUT2D eigenvalue weighted by Crippen LogP contribution is -2.29. The number of methoxy groups -OCH3 is 1. The molecule has 2 aromatic carbocycles. The fraction of sp³-hybridized carbons (Fsp3) is 0.182. The zero-order chi connectivity index (χ0) is 22.4. The first-order valence-electron chi connectivity index (χ1n) is 9.40. The maximum atomic E-state index is 12.5. The van der Waals surface area contributed by atoms with E-state index in [1.807, 2.05) is 0 Å². The summed E-state index contributed by atoms with van der Waals surface area (Å²) >= 11 is 0.870. The number of ether oxygens (including phenoxy) is 1. The summed E-state index contributed by atoms with van der Waals surface area (Å²) in [7, 11) is 1.57. The number of nitrogens with one attached hydrogen (secondary N) is 1. The van der Waals surface area contributed by atoms with Gasteiger partial charge in [0.15, 0.2) is 0 Å². The van der Waals surface area contributed by atoms with Gasteiger partial charge in [-0.25, -0.2) is 4.79 Å². The number of rotatable bonds is 8. The van der Waals surface area contributed by atoms with E-state index in [9.17, 15) is 19.2 Å². The maximum Gasteiger partial charge on any atom is 0.335 e. The molecule has 1 saturated heterocycles. The Morgan fingerprint density at radius 2 is 1.77 bits per heavy atom. The lowest BCUT2D eigenvalue weighted by molar-refractivity contribution is -0.123. The fourth-order valence-corrected chi connectivity index (χ4v) is 3.73. The molecule has 0 bridgehead atoms. The molecule has 0 atom stereocenters. The minimum Gasteiger partial charge on any atom is -0.497 e. The number of hydrogen-bond acceptors (Lipinski definition) is 6. The van der Waals surface area contributed by atoms with Gasteiger partial charge in [0.1, 0.15) is 5.75 Å². The first kappa shape index (κ1) is 22.1. The van der Waals surface area contributed by atoms with Crippen molar-refractivity contribution in [3.05, 3.63) is 64.6 Å². The van der Waals surface area contributed by atoms with Crippen LogP contribution in [0.5, 0.6) is 5.75 Å². The summed E-state index contributed by atoms with van der Waals surface area (Å²) in [5.41, 5.74) is 1.38. The molecule has 1 aliphatic heterocycles. The van der Waals surface area contributed by atoms with E-state index in [1.165, 1.54) is 24.3 Å². The van der Waals surface area contributed by atoms with Crippen molar-refractivity contribution in [1.29, 1.82) is 0 Å². The highest BCUT2D eigenvalue weighted by molar-refractivity contribution is 8.18. The van der Waals surface area contributed by atoms with Gasteiger partial charge in [-0.1, -0.05) is 12.1 Å². The fourth-order valence-electron chi connectivity index (χ4n) is 2.86. The Morgan fingerprint density at radius 3 is 2.39 bits per heavy atom. The van der Waals surface area contributed by atoms with E-state index in [2.05, 4.69) is 5.32 Å². The normalized spacial score (nSPS) is 14.7. The molecular weight excluding hydrogens is 420 g/mol. The number of nitrogens with zero attached hydrogens (tertiary/aromatic N) is 1. The average Bonchev–Trinajstić information content (AvgIpc) is 3.02. The molecule has 3 rings (SSSR count). The Morgan fingerprint density at radius 1 is 1.10 bits per heavy atom. The topological polar surface area (TPSA) is 113 Å². The van der Waals surface area contributed by atoms with Crippen molar-refractivity contribution in [3.8, 4) is 5.75 Å². The summed E-state index contributed by atoms with van der Waals surface area (Å²) in [6, 6.07) is 12.9. The van der Waals surface area contributed by atoms with E-state index in [1.54, 1.807) is 37.5 Å². The first-order valence-corrected chi connectivity index (χ1v) is 10.2. The molecule has 0 saturated carbocycles. The van der Waals surface area contributed by atoms with Crippen LogP contribution in [-0.4, -0.2) is 46.7 Å². The molecule has 160 valence electrons. The molecule has 9 heteroatoms. The molecule has 0 unspecified atom stereocenters. The molecule has 1 fully saturated rings. The zero-order valence-electron chi connectivity index (χ0n) is 16.7. The first-order chi connectivity index (χ1) is 14.9. The number of thioether (sulfide) groups is 1. The van der Waals surface area contributed by atoms with Crippen LogP contribution < -0.4 is 10.1 Å². The number of benzene rings is 2. The van der Waals surface area contributed by atoms with Gasteiger partial charge in [0, 0.05) is 18.7 Å². The van der Waals surface area contributed by atoms with Crippen LogP contribution in [0.25, 0.3) is 6.08 Å². The van der Waals surface area contributed by atoms with Crippen LogP contribution in [0.1, 0.15) is 28.8 Å². The summed E-state index contributed by atoms with van der Waals surface area (Å²) in [5.74, 6) is -1.02. The molecular formula is C22H20N2O6S. The summed E-state index contributed by atoms with van der Waals surface area (Å²) in [6.45, 7) is 0.135. The molecule has 1 aliphatic rings. The smallest absolute Gasteiger partial charge is 0.335 e. The van der Waals surface area contributed by atoms with Crippen molar-refractivity contribution in [2.75, 3.05) is 19.0 Å². The molecule has 3 amide bonds. The third-order valence-corrected chi connectivity index (χ3v) is 5.40. The highest BCUT2D eigenvalue weighted by Gasteiger charge is 2.34. The van der Waals surface area contributed by atoms with Gasteiger partial charge in [-0.05, 0) is 66.2 Å². The van der Waals surface area contributed by atoms with Gasteiger partial charge in [0.2, 0.25) is 5.91 Å². The minimum atomic E-state index is -1.05. The van der Waals surface area contributed by atoms with Crippen molar-refractivity contribution in [1.82, 2.24) is 4.90 Å². The van der Waals surface area contributed by atoms with Gasteiger partial charge >= 0.3 is 5.97 Å². The van der Waals surface area contributed by atoms with E-state index in [-0.39, 0.29) is 35.6 Å². The Kier molecular flexibility index (Phi) is 7.09. The highest BCUT2D eigenvalue weighted by atomic mass is 32.2. The largest absolute Gasteiger partial charge is 0.497 e. The quantitative estimate of drug-likeness (QED) is 0.600. The molecule has 8 nitrogen and oxygen atoms in total. The average molecular weight is 440 g/mol. The number of carboxylic acids is 1. The Bertz CT molecular complexity index is 1030.